The number of pyridine rings is 1. The quantitative estimate of drug-likeness (QED) is 0.452. The molecule has 0 saturated carbocycles. The molecule has 0 unspecified atom stereocenters. The van der Waals surface area contributed by atoms with Crippen LogP contribution in [0.4, 0.5) is 35.2 Å². The Balaban J connectivity index is 1.21. The van der Waals surface area contributed by atoms with Crippen molar-refractivity contribution in [1.82, 2.24) is 15.0 Å². The number of hydrogen-bond acceptors (Lipinski definition) is 8. The molecular formula is C28H29F3N6O4. The number of piperidine rings is 1. The number of carbonyl (C=O) groups excluding carboxylic acids is 1. The van der Waals surface area contributed by atoms with Crippen molar-refractivity contribution in [3.05, 3.63) is 54.4 Å². The van der Waals surface area contributed by atoms with E-state index in [4.69, 9.17) is 14.2 Å². The van der Waals surface area contributed by atoms with Gasteiger partial charge in [-0.05, 0) is 44.9 Å². The lowest BCUT2D eigenvalue weighted by Gasteiger charge is -2.45. The van der Waals surface area contributed by atoms with Gasteiger partial charge in [0.1, 0.15) is 12.7 Å². The Bertz CT molecular complexity index is 1440. The minimum Gasteiger partial charge on any atom is -0.475 e. The average Bonchev–Trinajstić information content (AvgIpc) is 3.30. The zero-order valence-corrected chi connectivity index (χ0v) is 22.5. The summed E-state index contributed by atoms with van der Waals surface area (Å²) in [5.41, 5.74) is 0.539. The maximum atomic E-state index is 13.6. The van der Waals surface area contributed by atoms with Crippen LogP contribution in [-0.2, 0) is 15.7 Å². The van der Waals surface area contributed by atoms with Crippen LogP contribution in [0.3, 0.4) is 0 Å². The van der Waals surface area contributed by atoms with E-state index in [9.17, 15) is 18.0 Å². The summed E-state index contributed by atoms with van der Waals surface area (Å²) in [5, 5.41) is 2.88. The van der Waals surface area contributed by atoms with Gasteiger partial charge in [0, 0.05) is 24.7 Å². The lowest BCUT2D eigenvalue weighted by molar-refractivity contribution is -0.141. The second-order valence-corrected chi connectivity index (χ2v) is 10.7. The van der Waals surface area contributed by atoms with E-state index < -0.39 is 23.6 Å². The number of aromatic nitrogens is 3. The molecule has 0 radical (unpaired) electrons. The predicted molar refractivity (Wildman–Crippen MR) is 144 cm³/mol. The number of fused-ring (bicyclic) bond motifs is 4. The maximum Gasteiger partial charge on any atom is 0.416 e. The van der Waals surface area contributed by atoms with Crippen LogP contribution in [0, 0.1) is 0 Å². The third-order valence-corrected chi connectivity index (χ3v) is 7.22. The molecule has 0 aliphatic carbocycles. The number of alkyl halides is 3. The molecule has 1 N–H and O–H groups in total. The van der Waals surface area contributed by atoms with Crippen molar-refractivity contribution >= 4 is 23.2 Å². The molecule has 2 aromatic heterocycles. The normalized spacial score (nSPS) is 21.4. The summed E-state index contributed by atoms with van der Waals surface area (Å²) in [6, 6.07) is 7.61. The smallest absolute Gasteiger partial charge is 0.416 e. The van der Waals surface area contributed by atoms with E-state index in [-0.39, 0.29) is 30.1 Å². The molecule has 3 aromatic rings. The molecule has 41 heavy (non-hydrogen) atoms. The van der Waals surface area contributed by atoms with Gasteiger partial charge in [-0.15, -0.1) is 0 Å². The predicted octanol–water partition coefficient (Wildman–Crippen LogP) is 5.11. The fraction of sp³-hybridized carbons (Fsp3) is 0.429. The second-order valence-electron chi connectivity index (χ2n) is 10.7. The minimum atomic E-state index is -4.50. The van der Waals surface area contributed by atoms with Crippen LogP contribution in [0.15, 0.2) is 48.8 Å². The lowest BCUT2D eigenvalue weighted by Crippen LogP contribution is -2.56. The molecule has 6 rings (SSSR count). The Morgan fingerprint density at radius 3 is 2.78 bits per heavy atom. The van der Waals surface area contributed by atoms with Gasteiger partial charge in [0.25, 0.3) is 0 Å². The zero-order valence-electron chi connectivity index (χ0n) is 22.5. The van der Waals surface area contributed by atoms with Crippen LogP contribution in [0.5, 0.6) is 5.88 Å². The number of hydrogen-bond donors (Lipinski definition) is 1. The van der Waals surface area contributed by atoms with E-state index in [0.29, 0.717) is 36.2 Å². The number of nitrogens with one attached hydrogen (secondary N) is 1. The Morgan fingerprint density at radius 2 is 2.05 bits per heavy atom. The van der Waals surface area contributed by atoms with Gasteiger partial charge < -0.3 is 24.4 Å². The van der Waals surface area contributed by atoms with Crippen LogP contribution >= 0.6 is 0 Å². The van der Waals surface area contributed by atoms with Gasteiger partial charge in [0.2, 0.25) is 5.88 Å². The van der Waals surface area contributed by atoms with E-state index in [1.54, 1.807) is 23.2 Å². The second kappa shape index (κ2) is 10.5. The van der Waals surface area contributed by atoms with Gasteiger partial charge in [-0.3, -0.25) is 4.90 Å². The van der Waals surface area contributed by atoms with Crippen LogP contribution < -0.4 is 19.9 Å². The molecule has 2 amide bonds. The van der Waals surface area contributed by atoms with Crippen molar-refractivity contribution in [2.24, 2.45) is 0 Å². The number of halogens is 3. The van der Waals surface area contributed by atoms with Crippen molar-refractivity contribution in [2.75, 3.05) is 41.4 Å². The van der Waals surface area contributed by atoms with Crippen molar-refractivity contribution in [3.8, 4) is 17.3 Å². The minimum absolute atomic E-state index is 0.108. The highest BCUT2D eigenvalue weighted by molar-refractivity contribution is 6.04. The summed E-state index contributed by atoms with van der Waals surface area (Å²) in [5.74, 6) is 0.199. The SMILES string of the molecule is CC1(C)OC[C@H](COc2ccc(NC(=O)N3c4nc(-c5cccc(C(F)(F)F)c5)ncc4N4CCC[C@H]3C4)cn2)O1. The largest absolute Gasteiger partial charge is 0.475 e. The topological polar surface area (TPSA) is 102 Å². The molecule has 1 aromatic carbocycles. The molecule has 2 fully saturated rings. The highest BCUT2D eigenvalue weighted by atomic mass is 19.4. The summed E-state index contributed by atoms with van der Waals surface area (Å²) in [6.07, 6.45) is 0.0137. The van der Waals surface area contributed by atoms with Crippen molar-refractivity contribution in [1.29, 1.82) is 0 Å². The van der Waals surface area contributed by atoms with E-state index in [0.717, 1.165) is 31.5 Å². The molecule has 216 valence electrons. The summed E-state index contributed by atoms with van der Waals surface area (Å²) in [7, 11) is 0. The lowest BCUT2D eigenvalue weighted by atomic mass is 10.0. The summed E-state index contributed by atoms with van der Waals surface area (Å²) < 4.78 is 56.9. The van der Waals surface area contributed by atoms with E-state index in [1.165, 1.54) is 18.3 Å². The molecule has 3 aliphatic rings. The first-order chi connectivity index (χ1) is 19.6. The summed E-state index contributed by atoms with van der Waals surface area (Å²) in [4.78, 5) is 30.5. The third kappa shape index (κ3) is 5.77. The van der Waals surface area contributed by atoms with Gasteiger partial charge in [0.15, 0.2) is 17.4 Å². The third-order valence-electron chi connectivity index (χ3n) is 7.22. The van der Waals surface area contributed by atoms with Crippen LogP contribution in [-0.4, -0.2) is 65.2 Å². The molecular weight excluding hydrogens is 541 g/mol. The Kier molecular flexibility index (Phi) is 6.94. The van der Waals surface area contributed by atoms with Gasteiger partial charge in [-0.1, -0.05) is 12.1 Å². The van der Waals surface area contributed by atoms with Crippen LogP contribution in [0.25, 0.3) is 11.4 Å². The van der Waals surface area contributed by atoms with E-state index >= 15 is 0 Å². The molecule has 2 saturated heterocycles. The fourth-order valence-electron chi connectivity index (χ4n) is 5.31. The first-order valence-corrected chi connectivity index (χ1v) is 13.4. The Morgan fingerprint density at radius 1 is 1.20 bits per heavy atom. The van der Waals surface area contributed by atoms with Crippen LogP contribution in [0.2, 0.25) is 0 Å². The summed E-state index contributed by atoms with van der Waals surface area (Å²) in [6.45, 7) is 5.78. The molecule has 13 heteroatoms. The van der Waals surface area contributed by atoms with Crippen molar-refractivity contribution < 1.29 is 32.2 Å². The Labute approximate surface area is 234 Å². The number of urea groups is 1. The molecule has 0 spiro atoms. The number of amides is 2. The number of nitrogens with zero attached hydrogens (tertiary/aromatic N) is 5. The zero-order chi connectivity index (χ0) is 28.8. The van der Waals surface area contributed by atoms with E-state index in [1.807, 2.05) is 13.8 Å². The van der Waals surface area contributed by atoms with E-state index in [2.05, 4.69) is 25.2 Å². The van der Waals surface area contributed by atoms with Crippen LogP contribution in [0.1, 0.15) is 32.3 Å². The first-order valence-electron chi connectivity index (χ1n) is 13.4. The van der Waals surface area contributed by atoms with Crippen molar-refractivity contribution in [2.45, 2.75) is 50.8 Å². The van der Waals surface area contributed by atoms with Gasteiger partial charge in [0.05, 0.1) is 42.0 Å². The number of benzene rings is 1. The highest BCUT2D eigenvalue weighted by Gasteiger charge is 2.39. The molecule has 5 heterocycles. The standard InChI is InChI=1S/C28H29F3N6O4/c1-27(2)40-16-21(41-27)15-39-23-9-8-19(12-32-23)34-26(38)37-20-7-4-10-36(14-20)22-13-33-24(35-25(22)37)17-5-3-6-18(11-17)28(29,30)31/h3,5-6,8-9,11-13,20-21H,4,7,10,14-16H2,1-2H3,(H,34,38)/t20-,21-/m0/s1. The number of ether oxygens (including phenoxy) is 3. The Hall–Kier alpha value is -3.97. The highest BCUT2D eigenvalue weighted by Crippen LogP contribution is 2.39. The maximum absolute atomic E-state index is 13.6. The monoisotopic (exact) mass is 570 g/mol. The first kappa shape index (κ1) is 27.2. The number of carbonyl (C=O) groups is 1. The molecule has 2 atom stereocenters. The number of anilines is 3. The molecule has 2 bridgehead atoms. The fourth-order valence-corrected chi connectivity index (χ4v) is 5.31. The van der Waals surface area contributed by atoms with Gasteiger partial charge in [-0.2, -0.15) is 13.2 Å². The summed E-state index contributed by atoms with van der Waals surface area (Å²) >= 11 is 0. The van der Waals surface area contributed by atoms with Crippen molar-refractivity contribution in [3.63, 3.8) is 0 Å². The molecule has 10 nitrogen and oxygen atoms in total. The van der Waals surface area contributed by atoms with Gasteiger partial charge >= 0.3 is 12.2 Å². The van der Waals surface area contributed by atoms with Gasteiger partial charge in [-0.25, -0.2) is 19.7 Å². The average molecular weight is 571 g/mol. The number of rotatable bonds is 5. The molecule has 3 aliphatic heterocycles.